The van der Waals surface area contributed by atoms with Crippen molar-refractivity contribution < 1.29 is 23.7 Å². The molecule has 6 nitrogen and oxygen atoms in total. The summed E-state index contributed by atoms with van der Waals surface area (Å²) in [6.45, 7) is 9.40. The van der Waals surface area contributed by atoms with Crippen LogP contribution in [0.3, 0.4) is 0 Å². The maximum Gasteiger partial charge on any atom is 0.491 e. The number of anilines is 1. The van der Waals surface area contributed by atoms with Crippen LogP contribution in [0.5, 0.6) is 0 Å². The summed E-state index contributed by atoms with van der Waals surface area (Å²) >= 11 is 1.18. The number of rotatable bonds is 4. The molecule has 2 heterocycles. The van der Waals surface area contributed by atoms with Crippen molar-refractivity contribution in [2.45, 2.75) is 45.8 Å². The van der Waals surface area contributed by atoms with Gasteiger partial charge in [0.05, 0.1) is 22.5 Å². The number of benzene rings is 1. The summed E-state index contributed by atoms with van der Waals surface area (Å²) < 4.78 is 12.2. The smallest absolute Gasteiger partial charge is 0.400 e. The van der Waals surface area contributed by atoms with Crippen LogP contribution in [0.15, 0.2) is 23.7 Å². The fourth-order valence-corrected chi connectivity index (χ4v) is 3.42. The molecule has 1 N–H and O–H groups in total. The van der Waals surface area contributed by atoms with Gasteiger partial charge in [-0.2, -0.15) is 0 Å². The van der Waals surface area contributed by atoms with E-state index in [1.807, 2.05) is 33.8 Å². The van der Waals surface area contributed by atoms with E-state index in [0.29, 0.717) is 17.0 Å². The average Bonchev–Trinajstić information content (AvgIpc) is 2.95. The van der Waals surface area contributed by atoms with Gasteiger partial charge in [-0.15, -0.1) is 0 Å². The predicted molar refractivity (Wildman–Crippen MR) is 107 cm³/mol. The van der Waals surface area contributed by atoms with Crippen molar-refractivity contribution >= 4 is 47.4 Å². The Bertz CT molecular complexity index is 846. The topological polar surface area (TPSA) is 81.7 Å². The molecule has 142 valence electrons. The van der Waals surface area contributed by atoms with Gasteiger partial charge < -0.3 is 14.6 Å². The van der Waals surface area contributed by atoms with Gasteiger partial charge in [-0.25, -0.2) is 0 Å². The van der Waals surface area contributed by atoms with E-state index < -0.39 is 30.0 Å². The average molecular weight is 387 g/mol. The van der Waals surface area contributed by atoms with Gasteiger partial charge in [0.2, 0.25) is 0 Å². The molecule has 1 saturated heterocycles. The molecule has 0 atom stereocenters. The van der Waals surface area contributed by atoms with E-state index >= 15 is 0 Å². The molecular weight excluding hydrogens is 365 g/mol. The van der Waals surface area contributed by atoms with E-state index in [1.54, 1.807) is 18.2 Å². The minimum absolute atomic E-state index is 0.00392. The van der Waals surface area contributed by atoms with E-state index in [4.69, 9.17) is 9.31 Å². The Kier molecular flexibility index (Phi) is 5.09. The Morgan fingerprint density at radius 2 is 1.81 bits per heavy atom. The summed E-state index contributed by atoms with van der Waals surface area (Å²) in [5, 5.41) is 2.57. The lowest BCUT2D eigenvalue weighted by atomic mass is 9.78. The summed E-state index contributed by atoms with van der Waals surface area (Å²) in [4.78, 5) is 34.8. The largest absolute Gasteiger partial charge is 0.491 e. The first-order chi connectivity index (χ1) is 12.5. The molecule has 1 fully saturated rings. The highest BCUT2D eigenvalue weighted by molar-refractivity contribution is 8.13. The zero-order chi connectivity index (χ0) is 20.0. The molecule has 0 saturated carbocycles. The number of amides is 1. The molecule has 2 aliphatic rings. The lowest BCUT2D eigenvalue weighted by Crippen LogP contribution is -2.41. The highest BCUT2D eigenvalue weighted by Gasteiger charge is 2.52. The molecule has 0 spiro atoms. The molecule has 0 unspecified atom stereocenters. The van der Waals surface area contributed by atoms with Crippen LogP contribution in [-0.2, 0) is 18.9 Å². The van der Waals surface area contributed by atoms with Crippen LogP contribution in [0, 0.1) is 0 Å². The van der Waals surface area contributed by atoms with Gasteiger partial charge in [0.1, 0.15) is 0 Å². The molecule has 0 aliphatic carbocycles. The maximum absolute atomic E-state index is 11.8. The van der Waals surface area contributed by atoms with Crippen LogP contribution < -0.4 is 5.32 Å². The third-order valence-electron chi connectivity index (χ3n) is 5.09. The molecular formula is C19H22BNO5S. The van der Waals surface area contributed by atoms with Crippen molar-refractivity contribution in [1.82, 2.24) is 0 Å². The second-order valence-electron chi connectivity index (χ2n) is 7.68. The number of Topliss-reactive ketones (excluding diaryl/α,β-unsaturated/α-hetero) is 1. The zero-order valence-corrected chi connectivity index (χ0v) is 16.9. The van der Waals surface area contributed by atoms with E-state index in [2.05, 4.69) is 5.32 Å². The second kappa shape index (κ2) is 6.93. The van der Waals surface area contributed by atoms with Crippen LogP contribution in [-0.4, -0.2) is 40.9 Å². The number of fused-ring (bicyclic) bond motifs is 1. The Labute approximate surface area is 163 Å². The first kappa shape index (κ1) is 19.9. The van der Waals surface area contributed by atoms with Crippen molar-refractivity contribution in [3.05, 3.63) is 34.8 Å². The maximum atomic E-state index is 11.8. The lowest BCUT2D eigenvalue weighted by molar-refractivity contribution is -0.112. The van der Waals surface area contributed by atoms with Crippen LogP contribution in [0.2, 0.25) is 0 Å². The first-order valence-electron chi connectivity index (χ1n) is 8.69. The minimum atomic E-state index is -0.621. The number of ketones is 1. The number of nitrogens with one attached hydrogen (secondary N) is 1. The molecule has 1 amide bonds. The standard InChI is InChI=1S/C19H22BNO5S/c1-11(22)27-10-13(20-25-18(2,3)19(4,5)26-20)8-12-6-7-14-15(9-12)21-17(24)16(14)23/h6-9H,10H2,1-5H3,(H,21,23,24). The van der Waals surface area contributed by atoms with E-state index in [1.165, 1.54) is 18.7 Å². The monoisotopic (exact) mass is 387 g/mol. The van der Waals surface area contributed by atoms with E-state index in [0.717, 1.165) is 11.0 Å². The molecule has 8 heteroatoms. The fraction of sp³-hybridized carbons (Fsp3) is 0.421. The molecule has 27 heavy (non-hydrogen) atoms. The number of carbonyl (C=O) groups is 3. The van der Waals surface area contributed by atoms with Crippen LogP contribution in [0.25, 0.3) is 6.08 Å². The van der Waals surface area contributed by atoms with Crippen LogP contribution in [0.1, 0.15) is 50.5 Å². The van der Waals surface area contributed by atoms with Gasteiger partial charge in [0.15, 0.2) is 5.12 Å². The normalized spacial score (nSPS) is 20.6. The fourth-order valence-electron chi connectivity index (χ4n) is 2.83. The SMILES string of the molecule is CC(=O)SCC(=Cc1ccc2c(c1)NC(=O)C2=O)B1OC(C)(C)C(C)(C)O1. The van der Waals surface area contributed by atoms with Gasteiger partial charge in [-0.05, 0) is 50.9 Å². The van der Waals surface area contributed by atoms with Crippen molar-refractivity contribution in [3.8, 4) is 0 Å². The van der Waals surface area contributed by atoms with Crippen molar-refractivity contribution in [2.75, 3.05) is 11.1 Å². The molecule has 0 bridgehead atoms. The van der Waals surface area contributed by atoms with Crippen molar-refractivity contribution in [3.63, 3.8) is 0 Å². The third kappa shape index (κ3) is 3.88. The Morgan fingerprint density at radius 1 is 1.19 bits per heavy atom. The summed E-state index contributed by atoms with van der Waals surface area (Å²) in [5.74, 6) is -0.725. The Morgan fingerprint density at radius 3 is 2.41 bits per heavy atom. The second-order valence-corrected chi connectivity index (χ2v) is 8.83. The van der Waals surface area contributed by atoms with Crippen LogP contribution in [0.4, 0.5) is 5.69 Å². The predicted octanol–water partition coefficient (Wildman–Crippen LogP) is 3.12. The number of carbonyl (C=O) groups excluding carboxylic acids is 3. The van der Waals surface area contributed by atoms with E-state index in [9.17, 15) is 14.4 Å². The van der Waals surface area contributed by atoms with Gasteiger partial charge >= 0.3 is 7.12 Å². The van der Waals surface area contributed by atoms with Crippen molar-refractivity contribution in [1.29, 1.82) is 0 Å². The van der Waals surface area contributed by atoms with Gasteiger partial charge in [0, 0.05) is 12.7 Å². The van der Waals surface area contributed by atoms with Gasteiger partial charge in [0.25, 0.3) is 11.7 Å². The summed E-state index contributed by atoms with van der Waals surface area (Å²) in [5.41, 5.74) is 1.48. The minimum Gasteiger partial charge on any atom is -0.400 e. The van der Waals surface area contributed by atoms with Crippen molar-refractivity contribution in [2.24, 2.45) is 0 Å². The number of thioether (sulfide) groups is 1. The summed E-state index contributed by atoms with van der Waals surface area (Å²) in [7, 11) is -0.577. The Balaban J connectivity index is 1.92. The molecule has 2 aliphatic heterocycles. The molecule has 0 radical (unpaired) electrons. The quantitative estimate of drug-likeness (QED) is 0.632. The number of hydrogen-bond acceptors (Lipinski definition) is 6. The lowest BCUT2D eigenvalue weighted by Gasteiger charge is -2.32. The van der Waals surface area contributed by atoms with Crippen LogP contribution >= 0.6 is 11.8 Å². The highest BCUT2D eigenvalue weighted by atomic mass is 32.2. The Hall–Kier alpha value is -1.90. The van der Waals surface area contributed by atoms with Gasteiger partial charge in [-0.3, -0.25) is 14.4 Å². The molecule has 1 aromatic carbocycles. The summed E-state index contributed by atoms with van der Waals surface area (Å²) in [6, 6.07) is 5.13. The zero-order valence-electron chi connectivity index (χ0n) is 16.0. The van der Waals surface area contributed by atoms with E-state index in [-0.39, 0.29) is 5.12 Å². The molecule has 3 rings (SSSR count). The summed E-state index contributed by atoms with van der Waals surface area (Å²) in [6.07, 6.45) is 1.88. The van der Waals surface area contributed by atoms with Gasteiger partial charge in [-0.1, -0.05) is 23.9 Å². The molecule has 0 aromatic heterocycles. The number of hydrogen-bond donors (Lipinski definition) is 1. The highest BCUT2D eigenvalue weighted by Crippen LogP contribution is 2.39. The third-order valence-corrected chi connectivity index (χ3v) is 5.98. The first-order valence-corrected chi connectivity index (χ1v) is 9.68. The molecule has 1 aromatic rings.